The fourth-order valence-corrected chi connectivity index (χ4v) is 2.17. The quantitative estimate of drug-likeness (QED) is 0.208. The molecule has 4 nitrogen and oxygen atoms in total. The minimum absolute atomic E-state index is 0.233. The van der Waals surface area contributed by atoms with Gasteiger partial charge in [0, 0.05) is 32.3 Å². The lowest BCUT2D eigenvalue weighted by atomic mass is 10.1. The molecule has 1 heterocycles. The van der Waals surface area contributed by atoms with Crippen LogP contribution in [0.1, 0.15) is 53.7 Å². The van der Waals surface area contributed by atoms with E-state index in [4.69, 9.17) is 11.6 Å². The number of hydrogen-bond donors (Lipinski definition) is 0. The molecule has 0 spiro atoms. The SMILES string of the molecule is C/C=C\C=C/C/C=C/C(C)/C=N\c1cc(C(/C=C\C(C)F)=C/C)nn1C.CC.CN=CCl. The molecule has 0 fully saturated rings. The molecule has 0 N–H and O–H groups in total. The molecule has 32 heavy (non-hydrogen) atoms. The summed E-state index contributed by atoms with van der Waals surface area (Å²) in [6.07, 6.45) is 19.5. The number of aromatic nitrogens is 2. The van der Waals surface area contributed by atoms with Crippen molar-refractivity contribution in [1.82, 2.24) is 9.78 Å². The van der Waals surface area contributed by atoms with E-state index in [1.807, 2.05) is 71.3 Å². The Labute approximate surface area is 199 Å². The number of nitrogens with zero attached hydrogens (tertiary/aromatic N) is 4. The highest BCUT2D eigenvalue weighted by Crippen LogP contribution is 2.21. The van der Waals surface area contributed by atoms with E-state index in [0.29, 0.717) is 0 Å². The molecule has 0 amide bonds. The highest BCUT2D eigenvalue weighted by Gasteiger charge is 2.07. The highest BCUT2D eigenvalue weighted by molar-refractivity contribution is 6.56. The van der Waals surface area contributed by atoms with Crippen molar-refractivity contribution in [3.8, 4) is 0 Å². The van der Waals surface area contributed by atoms with Crippen molar-refractivity contribution in [1.29, 1.82) is 0 Å². The second-order valence-electron chi connectivity index (χ2n) is 6.40. The molecule has 0 radical (unpaired) electrons. The van der Waals surface area contributed by atoms with Gasteiger partial charge in [0.1, 0.15) is 12.0 Å². The maximum Gasteiger partial charge on any atom is 0.150 e. The maximum atomic E-state index is 13.0. The van der Waals surface area contributed by atoms with Crippen LogP contribution in [0, 0.1) is 5.92 Å². The van der Waals surface area contributed by atoms with E-state index in [2.05, 4.69) is 40.2 Å². The monoisotopic (exact) mass is 462 g/mol. The number of alkyl halides is 1. The number of aryl methyl sites for hydroxylation is 1. The van der Waals surface area contributed by atoms with Crippen LogP contribution in [-0.4, -0.2) is 34.9 Å². The normalized spacial score (nSPS) is 14.5. The lowest BCUT2D eigenvalue weighted by Crippen LogP contribution is -1.93. The first-order valence-corrected chi connectivity index (χ1v) is 11.4. The molecule has 0 aliphatic carbocycles. The molecule has 0 aliphatic rings. The smallest absolute Gasteiger partial charge is 0.150 e. The van der Waals surface area contributed by atoms with E-state index in [9.17, 15) is 4.39 Å². The van der Waals surface area contributed by atoms with Gasteiger partial charge in [-0.25, -0.2) is 9.38 Å². The fourth-order valence-electron chi connectivity index (χ4n) is 2.17. The van der Waals surface area contributed by atoms with Crippen molar-refractivity contribution >= 4 is 34.9 Å². The summed E-state index contributed by atoms with van der Waals surface area (Å²) in [4.78, 5) is 7.91. The Hall–Kier alpha value is -2.53. The van der Waals surface area contributed by atoms with E-state index in [-0.39, 0.29) is 5.92 Å². The standard InChI is InChI=1S/C22H30FN3.C2H4ClN.C2H6/c1-6-8-9-10-11-12-13-18(3)17-24-22-16-21(25-26(22)5)20(7-2)15-14-19(4)23;1-4-2-3;1-2/h6-10,12-19H,11H2,1-5H3;2H,1H3;1-2H3/b8-6-,10-9-,13-12+,15-14-,20-7+,24-17-;;. The Balaban J connectivity index is 0. The number of aliphatic imine (C=N–C) groups is 2. The Morgan fingerprint density at radius 3 is 2.38 bits per heavy atom. The van der Waals surface area contributed by atoms with Gasteiger partial charge in [-0.15, -0.1) is 0 Å². The lowest BCUT2D eigenvalue weighted by molar-refractivity contribution is 0.431. The third kappa shape index (κ3) is 16.2. The zero-order valence-corrected chi connectivity index (χ0v) is 21.6. The molecule has 2 atom stereocenters. The first-order chi connectivity index (χ1) is 15.4. The number of hydrogen-bond acceptors (Lipinski definition) is 3. The molecule has 0 saturated carbocycles. The van der Waals surface area contributed by atoms with Gasteiger partial charge >= 0.3 is 0 Å². The number of allylic oxidation sites excluding steroid dienone is 10. The van der Waals surface area contributed by atoms with Gasteiger partial charge < -0.3 is 0 Å². The maximum absolute atomic E-state index is 13.0. The van der Waals surface area contributed by atoms with E-state index in [1.54, 1.807) is 17.8 Å². The van der Waals surface area contributed by atoms with Crippen LogP contribution in [0.2, 0.25) is 0 Å². The van der Waals surface area contributed by atoms with Crippen molar-refractivity contribution < 1.29 is 4.39 Å². The third-order valence-electron chi connectivity index (χ3n) is 3.69. The molecule has 2 unspecified atom stereocenters. The third-order valence-corrected chi connectivity index (χ3v) is 3.89. The van der Waals surface area contributed by atoms with Gasteiger partial charge in [-0.05, 0) is 32.8 Å². The zero-order chi connectivity index (χ0) is 24.8. The van der Waals surface area contributed by atoms with Crippen LogP contribution in [0.4, 0.5) is 10.2 Å². The van der Waals surface area contributed by atoms with Crippen LogP contribution >= 0.6 is 11.6 Å². The summed E-state index contributed by atoms with van der Waals surface area (Å²) in [5.74, 6) is 1.01. The summed E-state index contributed by atoms with van der Waals surface area (Å²) in [7, 11) is 3.48. The van der Waals surface area contributed by atoms with Crippen LogP contribution in [0.3, 0.4) is 0 Å². The molecule has 0 aliphatic heterocycles. The van der Waals surface area contributed by atoms with E-state index in [1.165, 1.54) is 18.7 Å². The van der Waals surface area contributed by atoms with E-state index < -0.39 is 6.17 Å². The summed E-state index contributed by atoms with van der Waals surface area (Å²) < 4.78 is 14.8. The molecule has 0 aromatic carbocycles. The van der Waals surface area contributed by atoms with Crippen LogP contribution in [0.25, 0.3) is 5.57 Å². The van der Waals surface area contributed by atoms with Crippen molar-refractivity contribution in [2.45, 2.75) is 54.1 Å². The predicted octanol–water partition coefficient (Wildman–Crippen LogP) is 8.06. The van der Waals surface area contributed by atoms with Gasteiger partial charge in [-0.1, -0.05) is 87.1 Å². The summed E-state index contributed by atoms with van der Waals surface area (Å²) in [5.41, 5.74) is 2.89. The number of rotatable bonds is 9. The van der Waals surface area contributed by atoms with E-state index in [0.717, 1.165) is 23.5 Å². The summed E-state index contributed by atoms with van der Waals surface area (Å²) in [6.45, 7) is 11.5. The lowest BCUT2D eigenvalue weighted by Gasteiger charge is -1.97. The Bertz CT molecular complexity index is 793. The summed E-state index contributed by atoms with van der Waals surface area (Å²) in [6, 6.07) is 1.91. The molecule has 1 rings (SSSR count). The average Bonchev–Trinajstić information content (AvgIpc) is 3.16. The van der Waals surface area contributed by atoms with Gasteiger partial charge in [0.05, 0.1) is 11.4 Å². The Morgan fingerprint density at radius 2 is 1.84 bits per heavy atom. The Kier molecular flexibility index (Phi) is 21.5. The Morgan fingerprint density at radius 1 is 1.19 bits per heavy atom. The largest absolute Gasteiger partial charge is 0.284 e. The van der Waals surface area contributed by atoms with Crippen molar-refractivity contribution in [3.05, 3.63) is 66.4 Å². The predicted molar refractivity (Wildman–Crippen MR) is 143 cm³/mol. The topological polar surface area (TPSA) is 42.5 Å². The minimum atomic E-state index is -0.980. The van der Waals surface area contributed by atoms with Crippen LogP contribution in [-0.2, 0) is 7.05 Å². The number of halogens is 2. The van der Waals surface area contributed by atoms with Crippen LogP contribution in [0.5, 0.6) is 0 Å². The molecule has 178 valence electrons. The van der Waals surface area contributed by atoms with Gasteiger partial charge in [0.25, 0.3) is 0 Å². The minimum Gasteiger partial charge on any atom is -0.284 e. The van der Waals surface area contributed by atoms with Gasteiger partial charge in [0.15, 0.2) is 0 Å². The fraction of sp³-hybridized carbons (Fsp3) is 0.423. The van der Waals surface area contributed by atoms with Crippen molar-refractivity contribution in [2.75, 3.05) is 7.05 Å². The van der Waals surface area contributed by atoms with Crippen LogP contribution in [0.15, 0.2) is 70.7 Å². The second-order valence-corrected chi connectivity index (χ2v) is 6.60. The zero-order valence-electron chi connectivity index (χ0n) is 20.8. The van der Waals surface area contributed by atoms with Gasteiger partial charge in [-0.3, -0.25) is 9.67 Å². The van der Waals surface area contributed by atoms with Gasteiger partial charge in [-0.2, -0.15) is 5.10 Å². The van der Waals surface area contributed by atoms with Crippen molar-refractivity contribution in [3.63, 3.8) is 0 Å². The average molecular weight is 463 g/mol. The van der Waals surface area contributed by atoms with Gasteiger partial charge in [0.2, 0.25) is 0 Å². The summed E-state index contributed by atoms with van der Waals surface area (Å²) >= 11 is 4.89. The van der Waals surface area contributed by atoms with Crippen molar-refractivity contribution in [2.24, 2.45) is 23.0 Å². The highest BCUT2D eigenvalue weighted by atomic mass is 35.5. The molecule has 1 aromatic rings. The molecule has 0 saturated heterocycles. The first kappa shape index (κ1) is 31.7. The molecule has 0 bridgehead atoms. The second kappa shape index (κ2) is 21.7. The van der Waals surface area contributed by atoms with E-state index >= 15 is 0 Å². The molecule has 6 heteroatoms. The first-order valence-electron chi connectivity index (χ1n) is 10.9. The summed E-state index contributed by atoms with van der Waals surface area (Å²) in [5, 5.41) is 4.47. The van der Waals surface area contributed by atoms with Crippen LogP contribution < -0.4 is 0 Å². The molecule has 1 aromatic heterocycles. The molecular formula is C26H40ClFN4. The molecular weight excluding hydrogens is 423 g/mol.